The molecule has 9 heteroatoms. The summed E-state index contributed by atoms with van der Waals surface area (Å²) in [6.45, 7) is 9.72. The Bertz CT molecular complexity index is 1300. The molecule has 6 nitrogen and oxygen atoms in total. The van der Waals surface area contributed by atoms with Gasteiger partial charge >= 0.3 is 0 Å². The van der Waals surface area contributed by atoms with Crippen LogP contribution in [-0.2, 0) is 19.6 Å². The molecule has 2 aromatic rings. The van der Waals surface area contributed by atoms with Gasteiger partial charge in [-0.15, -0.1) is 0 Å². The Hall–Kier alpha value is -2.00. The lowest BCUT2D eigenvalue weighted by Gasteiger charge is -2.37. The largest absolute Gasteiger partial charge is 0.369 e. The van der Waals surface area contributed by atoms with E-state index in [-0.39, 0.29) is 28.0 Å². The lowest BCUT2D eigenvalue weighted by atomic mass is 9.86. The number of amides is 1. The average Bonchev–Trinajstić information content (AvgIpc) is 3.21. The van der Waals surface area contributed by atoms with Gasteiger partial charge < -0.3 is 5.73 Å². The fourth-order valence-electron chi connectivity index (χ4n) is 4.75. The van der Waals surface area contributed by atoms with Crippen molar-refractivity contribution in [2.45, 2.75) is 64.4 Å². The van der Waals surface area contributed by atoms with E-state index in [0.717, 1.165) is 4.47 Å². The Labute approximate surface area is 233 Å². The second-order valence-electron chi connectivity index (χ2n) is 11.0. The molecule has 3 rings (SSSR count). The van der Waals surface area contributed by atoms with Crippen LogP contribution in [0.3, 0.4) is 0 Å². The molecule has 0 saturated heterocycles. The highest BCUT2D eigenvalue weighted by atomic mass is 79.9. The Morgan fingerprint density at radius 2 is 1.68 bits per heavy atom. The van der Waals surface area contributed by atoms with Crippen LogP contribution in [0.1, 0.15) is 59.1 Å². The fourth-order valence-corrected chi connectivity index (χ4v) is 7.42. The fraction of sp³-hybridized carbons (Fsp3) is 0.429. The summed E-state index contributed by atoms with van der Waals surface area (Å²) in [5, 5.41) is 0.107. The number of benzene rings is 2. The lowest BCUT2D eigenvalue weighted by molar-refractivity contribution is -0.126. The highest BCUT2D eigenvalue weighted by Crippen LogP contribution is 2.47. The van der Waals surface area contributed by atoms with Crippen LogP contribution in [0, 0.1) is 17.3 Å². The Balaban J connectivity index is 2.20. The summed E-state index contributed by atoms with van der Waals surface area (Å²) in [6.07, 6.45) is 2.14. The highest BCUT2D eigenvalue weighted by molar-refractivity contribution is 9.10. The highest BCUT2D eigenvalue weighted by Gasteiger charge is 2.50. The molecule has 0 fully saturated rings. The van der Waals surface area contributed by atoms with Gasteiger partial charge in [0.05, 0.1) is 11.1 Å². The van der Waals surface area contributed by atoms with E-state index in [1.165, 1.54) is 16.4 Å². The monoisotopic (exact) mass is 608 g/mol. The molecule has 2 aromatic carbocycles. The molecule has 0 radical (unpaired) electrons. The number of ketones is 1. The standard InChI is InChI=1S/C28H34BrClN2O4S/c1-17(2)14-19(27(31)34)15-23(33)21-16-25(28(3,4)5)32(26(21)18-10-12-20(29)13-11-18)37(35,36)24-9-7-6-8-22(24)30/h6-13,16-17,19,25-26H,14-15H2,1-5H3,(H2,31,34)/t19-,25+,26?/m1/s1. The number of carbonyl (C=O) groups is 2. The second-order valence-corrected chi connectivity index (χ2v) is 14.1. The van der Waals surface area contributed by atoms with Crippen LogP contribution < -0.4 is 5.73 Å². The quantitative estimate of drug-likeness (QED) is 0.361. The van der Waals surface area contributed by atoms with Gasteiger partial charge in [-0.25, -0.2) is 8.42 Å². The molecule has 200 valence electrons. The summed E-state index contributed by atoms with van der Waals surface area (Å²) in [7, 11) is -4.15. The molecule has 0 aliphatic carbocycles. The molecule has 0 bridgehead atoms. The summed E-state index contributed by atoms with van der Waals surface area (Å²) < 4.78 is 30.7. The maximum absolute atomic E-state index is 14.2. The van der Waals surface area contributed by atoms with Gasteiger partial charge in [0.1, 0.15) is 4.90 Å². The number of Topliss-reactive ketones (excluding diaryl/α,β-unsaturated/α-hetero) is 1. The van der Waals surface area contributed by atoms with Gasteiger partial charge in [0.15, 0.2) is 5.78 Å². The van der Waals surface area contributed by atoms with Crippen LogP contribution >= 0.6 is 27.5 Å². The van der Waals surface area contributed by atoms with Crippen molar-refractivity contribution in [3.63, 3.8) is 0 Å². The molecule has 37 heavy (non-hydrogen) atoms. The van der Waals surface area contributed by atoms with Crippen LogP contribution in [0.2, 0.25) is 5.02 Å². The van der Waals surface area contributed by atoms with E-state index in [1.807, 2.05) is 46.8 Å². The molecule has 0 spiro atoms. The van der Waals surface area contributed by atoms with E-state index < -0.39 is 39.3 Å². The van der Waals surface area contributed by atoms with E-state index in [9.17, 15) is 18.0 Å². The molecule has 1 unspecified atom stereocenters. The summed E-state index contributed by atoms with van der Waals surface area (Å²) in [5.41, 5.74) is 6.08. The lowest BCUT2D eigenvalue weighted by Crippen LogP contribution is -2.45. The van der Waals surface area contributed by atoms with Gasteiger partial charge in [-0.3, -0.25) is 9.59 Å². The molecule has 0 saturated carbocycles. The third-order valence-electron chi connectivity index (χ3n) is 6.54. The van der Waals surface area contributed by atoms with Crippen molar-refractivity contribution in [2.75, 3.05) is 0 Å². The Morgan fingerprint density at radius 1 is 1.08 bits per heavy atom. The van der Waals surface area contributed by atoms with E-state index in [0.29, 0.717) is 17.6 Å². The van der Waals surface area contributed by atoms with Crippen molar-refractivity contribution in [1.29, 1.82) is 0 Å². The molecule has 2 N–H and O–H groups in total. The number of nitrogens with zero attached hydrogens (tertiary/aromatic N) is 1. The van der Waals surface area contributed by atoms with Crippen LogP contribution in [0.5, 0.6) is 0 Å². The number of primary amides is 1. The molecule has 0 aromatic heterocycles. The van der Waals surface area contributed by atoms with Crippen molar-refractivity contribution in [3.05, 3.63) is 75.2 Å². The minimum Gasteiger partial charge on any atom is -0.369 e. The third-order valence-corrected chi connectivity index (χ3v) is 9.41. The Kier molecular flexibility index (Phi) is 9.10. The van der Waals surface area contributed by atoms with E-state index in [1.54, 1.807) is 30.3 Å². The number of rotatable bonds is 9. The van der Waals surface area contributed by atoms with E-state index in [4.69, 9.17) is 17.3 Å². The molecule has 1 aliphatic heterocycles. The number of carbonyl (C=O) groups excluding carboxylic acids is 2. The molecule has 3 atom stereocenters. The van der Waals surface area contributed by atoms with Crippen LogP contribution in [0.15, 0.2) is 69.5 Å². The van der Waals surface area contributed by atoms with Crippen molar-refractivity contribution >= 4 is 49.2 Å². The number of hydrogen-bond acceptors (Lipinski definition) is 4. The summed E-state index contributed by atoms with van der Waals surface area (Å²) in [4.78, 5) is 26.0. The normalized spacial score (nSPS) is 19.6. The van der Waals surface area contributed by atoms with E-state index >= 15 is 0 Å². The minimum absolute atomic E-state index is 0.0232. The first-order chi connectivity index (χ1) is 17.1. The van der Waals surface area contributed by atoms with Gasteiger partial charge in [-0.2, -0.15) is 4.31 Å². The smallest absolute Gasteiger partial charge is 0.245 e. The molecular formula is C28H34BrClN2O4S. The number of hydrogen-bond donors (Lipinski definition) is 1. The van der Waals surface area contributed by atoms with Gasteiger partial charge in [0, 0.05) is 28.4 Å². The van der Waals surface area contributed by atoms with Crippen molar-refractivity contribution in [3.8, 4) is 0 Å². The predicted octanol–water partition coefficient (Wildman–Crippen LogP) is 6.30. The minimum atomic E-state index is -4.15. The van der Waals surface area contributed by atoms with Gasteiger partial charge in [-0.1, -0.05) is 92.5 Å². The van der Waals surface area contributed by atoms with Crippen molar-refractivity contribution < 1.29 is 18.0 Å². The zero-order valence-electron chi connectivity index (χ0n) is 21.7. The van der Waals surface area contributed by atoms with Crippen LogP contribution in [0.4, 0.5) is 0 Å². The first-order valence-corrected chi connectivity index (χ1v) is 14.8. The topological polar surface area (TPSA) is 97.5 Å². The van der Waals surface area contributed by atoms with E-state index in [2.05, 4.69) is 15.9 Å². The summed E-state index contributed by atoms with van der Waals surface area (Å²) in [6, 6.07) is 12.0. The molecule has 1 heterocycles. The van der Waals surface area contributed by atoms with Crippen molar-refractivity contribution in [1.82, 2.24) is 4.31 Å². The van der Waals surface area contributed by atoms with Crippen molar-refractivity contribution in [2.24, 2.45) is 23.0 Å². The number of sulfonamides is 1. The SMILES string of the molecule is CC(C)C[C@H](CC(=O)C1=C[C@@H](C(C)(C)C)N(S(=O)(=O)c2ccccc2Cl)C1c1ccc(Br)cc1)C(N)=O. The predicted molar refractivity (Wildman–Crippen MR) is 150 cm³/mol. The number of halogens is 2. The average molecular weight is 610 g/mol. The van der Waals surface area contributed by atoms with Gasteiger partial charge in [0.2, 0.25) is 15.9 Å². The third kappa shape index (κ3) is 6.53. The first kappa shape index (κ1) is 29.6. The number of nitrogens with two attached hydrogens (primary N) is 1. The summed E-state index contributed by atoms with van der Waals surface area (Å²) in [5.74, 6) is -1.29. The Morgan fingerprint density at radius 3 is 2.19 bits per heavy atom. The van der Waals surface area contributed by atoms with Crippen LogP contribution in [0.25, 0.3) is 0 Å². The molecular weight excluding hydrogens is 576 g/mol. The molecule has 1 aliphatic rings. The zero-order valence-corrected chi connectivity index (χ0v) is 24.9. The second kappa shape index (κ2) is 11.4. The van der Waals surface area contributed by atoms with Crippen LogP contribution in [-0.4, -0.2) is 30.5 Å². The van der Waals surface area contributed by atoms with Gasteiger partial charge in [-0.05, 0) is 47.6 Å². The summed E-state index contributed by atoms with van der Waals surface area (Å²) >= 11 is 9.80. The maximum atomic E-state index is 14.2. The van der Waals surface area contributed by atoms with Gasteiger partial charge in [0.25, 0.3) is 0 Å². The maximum Gasteiger partial charge on any atom is 0.245 e. The molecule has 1 amide bonds. The first-order valence-electron chi connectivity index (χ1n) is 12.2. The zero-order chi connectivity index (χ0) is 27.7.